The molecule has 0 bridgehead atoms. The number of nitrogens with one attached hydrogen (secondary N) is 1. The van der Waals surface area contributed by atoms with Crippen molar-refractivity contribution in [2.45, 2.75) is 12.5 Å². The highest BCUT2D eigenvalue weighted by molar-refractivity contribution is 5.94. The van der Waals surface area contributed by atoms with E-state index in [4.69, 9.17) is 29.4 Å². The molecule has 5 rings (SSSR count). The Bertz CT molecular complexity index is 1630. The molecule has 2 heterocycles. The quantitative estimate of drug-likeness (QED) is 0.278. The first kappa shape index (κ1) is 28.4. The van der Waals surface area contributed by atoms with E-state index >= 15 is 0 Å². The number of carboxylic acid groups (broad SMARTS) is 1. The van der Waals surface area contributed by atoms with Crippen molar-refractivity contribution in [1.82, 2.24) is 9.97 Å². The molecule has 1 saturated heterocycles. The largest absolute Gasteiger partial charge is 0.493 e. The van der Waals surface area contributed by atoms with E-state index in [0.29, 0.717) is 59.4 Å². The molecule has 12 heteroatoms. The third-order valence-corrected chi connectivity index (χ3v) is 6.22. The Balaban J connectivity index is 0.00000124. The first-order valence-electron chi connectivity index (χ1n) is 12.4. The van der Waals surface area contributed by atoms with Gasteiger partial charge in [-0.2, -0.15) is 20.5 Å². The van der Waals surface area contributed by atoms with Crippen LogP contribution in [0.5, 0.6) is 23.1 Å². The number of aliphatic hydroxyl groups excluding tert-OH is 1. The van der Waals surface area contributed by atoms with Gasteiger partial charge in [-0.1, -0.05) is 0 Å². The molecule has 4 aromatic rings. The van der Waals surface area contributed by atoms with Crippen LogP contribution >= 0.6 is 0 Å². The molecular weight excluding hydrogens is 528 g/mol. The van der Waals surface area contributed by atoms with Gasteiger partial charge >= 0.3 is 0 Å². The second kappa shape index (κ2) is 13.0. The molecule has 3 aromatic carbocycles. The summed E-state index contributed by atoms with van der Waals surface area (Å²) in [6.45, 7) is 0.828. The Morgan fingerprint density at radius 2 is 1.71 bits per heavy atom. The number of aliphatic hydroxyl groups is 1. The predicted octanol–water partition coefficient (Wildman–Crippen LogP) is 4.20. The number of benzene rings is 3. The van der Waals surface area contributed by atoms with E-state index in [9.17, 15) is 10.4 Å². The maximum absolute atomic E-state index is 10.1. The van der Waals surface area contributed by atoms with Crippen molar-refractivity contribution in [3.63, 3.8) is 0 Å². The number of ether oxygens (including phenoxy) is 3. The van der Waals surface area contributed by atoms with Crippen LogP contribution in [-0.2, 0) is 4.79 Å². The van der Waals surface area contributed by atoms with Crippen molar-refractivity contribution >= 4 is 34.7 Å². The summed E-state index contributed by atoms with van der Waals surface area (Å²) in [6, 6.07) is 19.9. The number of β-amino-alcohol motifs (C(OH)–C–C–N with tert-alkyl or cyclic N) is 1. The number of methoxy groups -OCH3 is 2. The fourth-order valence-corrected chi connectivity index (χ4v) is 4.35. The van der Waals surface area contributed by atoms with Crippen molar-refractivity contribution in [3.8, 4) is 35.3 Å². The van der Waals surface area contributed by atoms with E-state index in [1.54, 1.807) is 54.6 Å². The summed E-state index contributed by atoms with van der Waals surface area (Å²) in [5.74, 6) is 2.26. The second-order valence-corrected chi connectivity index (χ2v) is 8.79. The summed E-state index contributed by atoms with van der Waals surface area (Å²) in [5, 5.41) is 40.0. The average molecular weight is 555 g/mol. The lowest BCUT2D eigenvalue weighted by atomic mass is 10.1. The van der Waals surface area contributed by atoms with E-state index < -0.39 is 6.10 Å². The molecule has 1 unspecified atom stereocenters. The maximum atomic E-state index is 10.1. The van der Waals surface area contributed by atoms with Crippen molar-refractivity contribution in [2.75, 3.05) is 37.5 Å². The summed E-state index contributed by atoms with van der Waals surface area (Å²) in [7, 11) is 3.06. The van der Waals surface area contributed by atoms with Crippen molar-refractivity contribution in [3.05, 3.63) is 65.7 Å². The Morgan fingerprint density at radius 1 is 1.00 bits per heavy atom. The molecule has 3 N–H and O–H groups in total. The first-order valence-corrected chi connectivity index (χ1v) is 12.4. The van der Waals surface area contributed by atoms with Gasteiger partial charge in [0.1, 0.15) is 5.82 Å². The van der Waals surface area contributed by atoms with E-state index in [2.05, 4.69) is 27.4 Å². The highest BCUT2D eigenvalue weighted by Crippen LogP contribution is 2.46. The minimum Gasteiger partial charge on any atom is -0.493 e. The zero-order valence-corrected chi connectivity index (χ0v) is 22.2. The second-order valence-electron chi connectivity index (χ2n) is 8.79. The van der Waals surface area contributed by atoms with Gasteiger partial charge in [-0.25, -0.2) is 0 Å². The Kier molecular flexibility index (Phi) is 8.99. The van der Waals surface area contributed by atoms with Crippen molar-refractivity contribution < 1.29 is 29.2 Å². The first-order chi connectivity index (χ1) is 19.9. The number of carbonyl (C=O) groups is 1. The molecule has 1 aliphatic heterocycles. The molecule has 1 fully saturated rings. The Labute approximate surface area is 235 Å². The van der Waals surface area contributed by atoms with Crippen LogP contribution < -0.4 is 24.4 Å². The fraction of sp³-hybridized carbons (Fsp3) is 0.207. The van der Waals surface area contributed by atoms with Crippen LogP contribution in [0.2, 0.25) is 0 Å². The number of anilines is 3. The zero-order chi connectivity index (χ0) is 29.4. The van der Waals surface area contributed by atoms with E-state index in [-0.39, 0.29) is 18.3 Å². The molecule has 1 aromatic heterocycles. The van der Waals surface area contributed by atoms with Gasteiger partial charge in [0.2, 0.25) is 17.6 Å². The molecule has 208 valence electrons. The average Bonchev–Trinajstić information content (AvgIpc) is 3.43. The van der Waals surface area contributed by atoms with Crippen LogP contribution in [0.4, 0.5) is 17.5 Å². The van der Waals surface area contributed by atoms with Gasteiger partial charge in [-0.05, 0) is 60.3 Å². The molecule has 1 atom stereocenters. The lowest BCUT2D eigenvalue weighted by Gasteiger charge is -2.20. The SMILES string of the molecule is COc1cc2cc(C#N)ccc2c(OC)c1Oc1cc(N2CCC(O)C2)nc(Nc2ccc(C#N)cc2)n1.O=CO. The van der Waals surface area contributed by atoms with Crippen LogP contribution in [0.25, 0.3) is 10.8 Å². The third kappa shape index (κ3) is 6.53. The summed E-state index contributed by atoms with van der Waals surface area (Å²) >= 11 is 0. The maximum Gasteiger partial charge on any atom is 0.290 e. The molecule has 41 heavy (non-hydrogen) atoms. The molecule has 0 spiro atoms. The molecule has 1 aliphatic rings. The van der Waals surface area contributed by atoms with Gasteiger partial charge in [0.05, 0.1) is 43.6 Å². The normalized spacial score (nSPS) is 13.8. The summed E-state index contributed by atoms with van der Waals surface area (Å²) in [5.41, 5.74) is 1.75. The van der Waals surface area contributed by atoms with Gasteiger partial charge in [0.25, 0.3) is 6.47 Å². The van der Waals surface area contributed by atoms with E-state index in [1.165, 1.54) is 14.2 Å². The highest BCUT2D eigenvalue weighted by atomic mass is 16.5. The molecule has 0 aliphatic carbocycles. The van der Waals surface area contributed by atoms with Crippen LogP contribution in [0, 0.1) is 22.7 Å². The molecule has 0 amide bonds. The summed E-state index contributed by atoms with van der Waals surface area (Å²) in [6.07, 6.45) is 0.193. The molecule has 0 saturated carbocycles. The number of hydrogen-bond donors (Lipinski definition) is 3. The lowest BCUT2D eigenvalue weighted by Crippen LogP contribution is -2.22. The standard InChI is InChI=1S/C28H24N6O4.CH2O2/c1-36-23-12-19-11-18(15-30)5-8-22(19)26(37-2)27(23)38-25-13-24(34-10-9-21(35)16-34)32-28(33-25)31-20-6-3-17(14-29)4-7-20;2-1-3/h3-8,11-13,21,35H,9-10,16H2,1-2H3,(H,31,32,33);1H,(H,2,3). The van der Waals surface area contributed by atoms with Gasteiger partial charge < -0.3 is 34.6 Å². The summed E-state index contributed by atoms with van der Waals surface area (Å²) < 4.78 is 17.6. The number of nitrogens with zero attached hydrogens (tertiary/aromatic N) is 5. The number of fused-ring (bicyclic) bond motifs is 1. The van der Waals surface area contributed by atoms with Crippen LogP contribution in [-0.4, -0.2) is 60.1 Å². The summed E-state index contributed by atoms with van der Waals surface area (Å²) in [4.78, 5) is 19.5. The predicted molar refractivity (Wildman–Crippen MR) is 150 cm³/mol. The van der Waals surface area contributed by atoms with Crippen molar-refractivity contribution in [1.29, 1.82) is 10.5 Å². The van der Waals surface area contributed by atoms with Crippen LogP contribution in [0.1, 0.15) is 17.5 Å². The number of nitriles is 2. The van der Waals surface area contributed by atoms with Gasteiger partial charge in [0.15, 0.2) is 11.5 Å². The lowest BCUT2D eigenvalue weighted by molar-refractivity contribution is -0.122. The van der Waals surface area contributed by atoms with Gasteiger partial charge in [-0.3, -0.25) is 4.79 Å². The number of rotatable bonds is 7. The zero-order valence-electron chi connectivity index (χ0n) is 22.2. The van der Waals surface area contributed by atoms with E-state index in [0.717, 1.165) is 10.8 Å². The van der Waals surface area contributed by atoms with Crippen molar-refractivity contribution in [2.24, 2.45) is 0 Å². The fourth-order valence-electron chi connectivity index (χ4n) is 4.35. The number of aromatic nitrogens is 2. The van der Waals surface area contributed by atoms with Crippen LogP contribution in [0.15, 0.2) is 54.6 Å². The highest BCUT2D eigenvalue weighted by Gasteiger charge is 2.24. The van der Waals surface area contributed by atoms with Crippen LogP contribution in [0.3, 0.4) is 0 Å². The molecule has 0 radical (unpaired) electrons. The third-order valence-electron chi connectivity index (χ3n) is 6.22. The Morgan fingerprint density at radius 3 is 2.32 bits per heavy atom. The Hall–Kier alpha value is -5.59. The smallest absolute Gasteiger partial charge is 0.290 e. The number of hydrogen-bond acceptors (Lipinski definition) is 11. The minimum absolute atomic E-state index is 0.233. The molecule has 12 nitrogen and oxygen atoms in total. The molecular formula is C29H26N6O6. The van der Waals surface area contributed by atoms with Gasteiger partial charge in [-0.15, -0.1) is 0 Å². The van der Waals surface area contributed by atoms with Gasteiger partial charge in [0, 0.05) is 30.2 Å². The minimum atomic E-state index is -0.441. The van der Waals surface area contributed by atoms with E-state index in [1.807, 2.05) is 4.90 Å². The topological polar surface area (TPSA) is 174 Å². The monoisotopic (exact) mass is 554 g/mol.